The summed E-state index contributed by atoms with van der Waals surface area (Å²) in [6.07, 6.45) is 1.41. The molecule has 0 aliphatic rings. The molecule has 0 aliphatic heterocycles. The lowest BCUT2D eigenvalue weighted by Gasteiger charge is -1.78. The van der Waals surface area contributed by atoms with Crippen molar-refractivity contribution in [2.24, 2.45) is 0 Å². The molecule has 0 saturated heterocycles. The van der Waals surface area contributed by atoms with Gasteiger partial charge in [-0.2, -0.15) is 0 Å². The van der Waals surface area contributed by atoms with E-state index in [9.17, 15) is 0 Å². The first-order valence-electron chi connectivity index (χ1n) is 2.56. The first kappa shape index (κ1) is 22.5. The molecule has 0 radical (unpaired) electrons. The molecule has 0 spiro atoms. The van der Waals surface area contributed by atoms with E-state index in [1.165, 1.54) is 12.5 Å². The van der Waals surface area contributed by atoms with Crippen LogP contribution >= 0.6 is 61.2 Å². The second-order valence-electron chi connectivity index (χ2n) is 1.35. The molecule has 0 nitrogen and oxygen atoms in total. The van der Waals surface area contributed by atoms with Crippen LogP contribution in [0.25, 0.3) is 0 Å². The van der Waals surface area contributed by atoms with Crippen LogP contribution in [0.3, 0.4) is 0 Å². The SMILES string of the molecule is C.CCC[SiH2]C.I.II. The summed E-state index contributed by atoms with van der Waals surface area (Å²) in [5.41, 5.74) is 0. The molecule has 0 N–H and O–H groups in total. The Hall–Kier alpha value is 2.41. The van der Waals surface area contributed by atoms with Gasteiger partial charge in [0.05, 0.1) is 0 Å². The highest BCUT2D eigenvalue weighted by atomic mass is 128. The van der Waals surface area contributed by atoms with Gasteiger partial charge in [-0.1, -0.05) is 33.4 Å². The molecule has 0 aromatic carbocycles. The highest BCUT2D eigenvalue weighted by Crippen LogP contribution is 1.89. The fourth-order valence-electron chi connectivity index (χ4n) is 0.354. The lowest BCUT2D eigenvalue weighted by molar-refractivity contribution is 1.07. The normalized spacial score (nSPS) is 6.67. The smallest absolute Gasteiger partial charge is 0.0166 e. The maximum Gasteiger partial charge on any atom is 0.0166 e. The largest absolute Gasteiger partial charge is 0.107 e. The minimum Gasteiger partial charge on any atom is -0.107 e. The van der Waals surface area contributed by atoms with Crippen LogP contribution in [0.1, 0.15) is 20.8 Å². The van der Waals surface area contributed by atoms with Crippen molar-refractivity contribution >= 4 is 70.7 Å². The number of halogens is 3. The molecule has 0 aromatic rings. The van der Waals surface area contributed by atoms with Crippen LogP contribution in [-0.2, 0) is 0 Å². The highest BCUT2D eigenvalue weighted by Gasteiger charge is 1.69. The van der Waals surface area contributed by atoms with Crippen LogP contribution in [0.4, 0.5) is 0 Å². The molecule has 0 unspecified atom stereocenters. The van der Waals surface area contributed by atoms with Crippen LogP contribution in [-0.4, -0.2) is 9.52 Å². The maximum absolute atomic E-state index is 2.35. The molecule has 0 atom stereocenters. The minimum absolute atomic E-state index is 0. The summed E-state index contributed by atoms with van der Waals surface area (Å²) in [4.78, 5) is 0. The van der Waals surface area contributed by atoms with Gasteiger partial charge in [-0.3, -0.25) is 0 Å². The van der Waals surface area contributed by atoms with E-state index in [0.717, 1.165) is 0 Å². The van der Waals surface area contributed by atoms with Crippen LogP contribution in [0.5, 0.6) is 0 Å². The second-order valence-corrected chi connectivity index (χ2v) is 3.06. The molecule has 0 heterocycles. The van der Waals surface area contributed by atoms with Crippen LogP contribution in [0.15, 0.2) is 0 Å². The fraction of sp³-hybridized carbons (Fsp3) is 1.00. The first-order chi connectivity index (χ1) is 3.41. The molecule has 62 valence electrons. The molecule has 0 bridgehead atoms. The molecule has 0 fully saturated rings. The minimum atomic E-state index is 0. The third-order valence-electron chi connectivity index (χ3n) is 0.707. The van der Waals surface area contributed by atoms with Gasteiger partial charge in [0.25, 0.3) is 0 Å². The van der Waals surface area contributed by atoms with Crippen molar-refractivity contribution in [3.05, 3.63) is 0 Å². The molecule has 0 saturated carbocycles. The molecule has 9 heavy (non-hydrogen) atoms. The van der Waals surface area contributed by atoms with Gasteiger partial charge in [-0.25, -0.2) is 0 Å². The first-order valence-corrected chi connectivity index (χ1v) is 11.3. The zero-order chi connectivity index (χ0) is 6.12. The van der Waals surface area contributed by atoms with Gasteiger partial charge in [0, 0.05) is 46.8 Å². The van der Waals surface area contributed by atoms with Crippen LogP contribution < -0.4 is 0 Å². The van der Waals surface area contributed by atoms with Crippen molar-refractivity contribution in [1.82, 2.24) is 0 Å². The van der Waals surface area contributed by atoms with Crippen LogP contribution in [0.2, 0.25) is 12.6 Å². The third-order valence-corrected chi connectivity index (χ3v) is 2.12. The number of hydrogen-bond acceptors (Lipinski definition) is 0. The van der Waals surface area contributed by atoms with E-state index < -0.39 is 0 Å². The monoisotopic (exact) mass is 486 g/mol. The number of rotatable bonds is 2. The van der Waals surface area contributed by atoms with Crippen molar-refractivity contribution in [3.8, 4) is 0 Å². The summed E-state index contributed by atoms with van der Waals surface area (Å²) in [5, 5.41) is 0. The van der Waals surface area contributed by atoms with E-state index in [1.807, 2.05) is 0 Å². The van der Waals surface area contributed by atoms with Gasteiger partial charge in [0.15, 0.2) is 0 Å². The molecular weight excluding hydrogens is 469 g/mol. The lowest BCUT2D eigenvalue weighted by atomic mass is 10.6. The Morgan fingerprint density at radius 3 is 1.67 bits per heavy atom. The van der Waals surface area contributed by atoms with Crippen molar-refractivity contribution in [1.29, 1.82) is 0 Å². The van der Waals surface area contributed by atoms with E-state index in [-0.39, 0.29) is 31.4 Å². The number of hydrogen-bond donors (Lipinski definition) is 0. The van der Waals surface area contributed by atoms with Crippen molar-refractivity contribution in [3.63, 3.8) is 0 Å². The Bertz CT molecular complexity index is 19.7. The Morgan fingerprint density at radius 1 is 1.33 bits per heavy atom. The standard InChI is InChI=1S/C4H12Si.CH4.I2.HI/c1-3-4-5-2;;1-2;/h3-5H2,1-2H3;1H4;;1H. The van der Waals surface area contributed by atoms with E-state index in [4.69, 9.17) is 0 Å². The van der Waals surface area contributed by atoms with Gasteiger partial charge in [-0.05, 0) is 0 Å². The third kappa shape index (κ3) is 37.9. The molecule has 0 aromatic heterocycles. The summed E-state index contributed by atoms with van der Waals surface area (Å²) >= 11 is 4.24. The van der Waals surface area contributed by atoms with Crippen molar-refractivity contribution in [2.45, 2.75) is 33.4 Å². The van der Waals surface area contributed by atoms with E-state index >= 15 is 0 Å². The predicted octanol–water partition coefficient (Wildman–Crippen LogP) is 4.06. The fourth-order valence-corrected chi connectivity index (χ4v) is 1.06. The zero-order valence-corrected chi connectivity index (χ0v) is 13.3. The topological polar surface area (TPSA) is 0 Å². The second kappa shape index (κ2) is 31.5. The summed E-state index contributed by atoms with van der Waals surface area (Å²) in [5.74, 6) is 0. The van der Waals surface area contributed by atoms with E-state index in [0.29, 0.717) is 9.52 Å². The summed E-state index contributed by atoms with van der Waals surface area (Å²) < 4.78 is 0. The average molecular weight is 486 g/mol. The molecule has 0 rings (SSSR count). The van der Waals surface area contributed by atoms with Crippen molar-refractivity contribution in [2.75, 3.05) is 0 Å². The van der Waals surface area contributed by atoms with Gasteiger partial charge in [-0.15, -0.1) is 24.0 Å². The Morgan fingerprint density at radius 2 is 1.67 bits per heavy atom. The molecular formula is C5H17I3Si. The lowest BCUT2D eigenvalue weighted by Crippen LogP contribution is -1.73. The average Bonchev–Trinajstić information content (AvgIpc) is 1.75. The molecule has 0 aliphatic carbocycles. The van der Waals surface area contributed by atoms with Crippen LogP contribution in [0, 0.1) is 0 Å². The van der Waals surface area contributed by atoms with Gasteiger partial charge in [0.2, 0.25) is 0 Å². The Labute approximate surface area is 102 Å². The van der Waals surface area contributed by atoms with Gasteiger partial charge >= 0.3 is 0 Å². The van der Waals surface area contributed by atoms with E-state index in [2.05, 4.69) is 50.7 Å². The Balaban J connectivity index is -0.0000000286. The summed E-state index contributed by atoms with van der Waals surface area (Å²) in [7, 11) is 0.414. The Kier molecular flexibility index (Phi) is 78.8. The summed E-state index contributed by atoms with van der Waals surface area (Å²) in [6.45, 7) is 4.60. The van der Waals surface area contributed by atoms with E-state index in [1.54, 1.807) is 0 Å². The zero-order valence-electron chi connectivity index (χ0n) is 5.29. The summed E-state index contributed by atoms with van der Waals surface area (Å²) in [6, 6.07) is 1.53. The predicted molar refractivity (Wildman–Crippen MR) is 79.7 cm³/mol. The quantitative estimate of drug-likeness (QED) is 0.409. The van der Waals surface area contributed by atoms with Gasteiger partial charge < -0.3 is 0 Å². The maximum atomic E-state index is 2.35. The van der Waals surface area contributed by atoms with Gasteiger partial charge in [0.1, 0.15) is 0 Å². The van der Waals surface area contributed by atoms with Crippen molar-refractivity contribution < 1.29 is 0 Å². The molecule has 4 heteroatoms. The highest BCUT2D eigenvalue weighted by molar-refractivity contribution is 15.0. The molecule has 0 amide bonds.